The van der Waals surface area contributed by atoms with Gasteiger partial charge >= 0.3 is 5.97 Å². The van der Waals surface area contributed by atoms with Crippen LogP contribution >= 0.6 is 0 Å². The molecule has 0 bridgehead atoms. The Bertz CT molecular complexity index is 1420. The summed E-state index contributed by atoms with van der Waals surface area (Å²) < 4.78 is 30.7. The summed E-state index contributed by atoms with van der Waals surface area (Å²) >= 11 is 0. The van der Waals surface area contributed by atoms with Gasteiger partial charge in [-0.1, -0.05) is 59.6 Å². The Balaban J connectivity index is 1.12. The van der Waals surface area contributed by atoms with Crippen molar-refractivity contribution >= 4 is 5.97 Å². The van der Waals surface area contributed by atoms with Crippen molar-refractivity contribution in [1.82, 2.24) is 0 Å². The highest BCUT2D eigenvalue weighted by atomic mass is 16.8. The zero-order valence-electron chi connectivity index (χ0n) is 32.9. The number of rotatable bonds is 8. The van der Waals surface area contributed by atoms with Crippen LogP contribution in [0.15, 0.2) is 11.6 Å². The minimum absolute atomic E-state index is 0.0326. The highest BCUT2D eigenvalue weighted by Crippen LogP contribution is 2.76. The quantitative estimate of drug-likeness (QED) is 0.121. The molecule has 0 radical (unpaired) electrons. The summed E-state index contributed by atoms with van der Waals surface area (Å²) in [6.45, 7) is 16.9. The maximum atomic E-state index is 14.2. The summed E-state index contributed by atoms with van der Waals surface area (Å²) in [5.41, 5.74) is -1.36. The molecule has 7 aliphatic rings. The first kappa shape index (κ1) is 40.0. The van der Waals surface area contributed by atoms with Crippen molar-refractivity contribution in [3.63, 3.8) is 0 Å². The number of carbonyl (C=O) groups is 1. The number of carbonyl (C=O) groups excluding carboxylic acids is 1. The Kier molecular flexibility index (Phi) is 10.4. The molecule has 3 saturated carbocycles. The van der Waals surface area contributed by atoms with Gasteiger partial charge in [-0.15, -0.1) is 0 Å². The van der Waals surface area contributed by atoms with Crippen LogP contribution in [0.4, 0.5) is 0 Å². The molecule has 0 aromatic rings. The van der Waals surface area contributed by atoms with Crippen molar-refractivity contribution in [1.29, 1.82) is 0 Å². The molecule has 302 valence electrons. The lowest BCUT2D eigenvalue weighted by atomic mass is 9.40. The van der Waals surface area contributed by atoms with E-state index in [0.29, 0.717) is 12.3 Å². The lowest BCUT2D eigenvalue weighted by Gasteiger charge is -2.64. The monoisotopic (exact) mass is 750 g/mol. The molecular weight excluding hydrogens is 684 g/mol. The van der Waals surface area contributed by atoms with E-state index >= 15 is 0 Å². The fourth-order valence-corrected chi connectivity index (χ4v) is 12.9. The second-order valence-electron chi connectivity index (χ2n) is 19.6. The summed E-state index contributed by atoms with van der Waals surface area (Å²) in [7, 11) is 0. The van der Waals surface area contributed by atoms with Crippen molar-refractivity contribution in [2.75, 3.05) is 6.61 Å². The number of hydrogen-bond acceptors (Lipinski definition) is 12. The number of allylic oxidation sites excluding steroid dienone is 1. The van der Waals surface area contributed by atoms with Crippen molar-refractivity contribution in [2.45, 2.75) is 186 Å². The molecule has 12 heteroatoms. The molecule has 3 heterocycles. The van der Waals surface area contributed by atoms with E-state index in [1.165, 1.54) is 5.57 Å². The van der Waals surface area contributed by atoms with Gasteiger partial charge in [-0.05, 0) is 99.2 Å². The van der Waals surface area contributed by atoms with Crippen LogP contribution in [0.5, 0.6) is 0 Å². The van der Waals surface area contributed by atoms with Crippen molar-refractivity contribution in [3.05, 3.63) is 11.6 Å². The SMILES string of the molecule is CC(C)CCC[C@]1(C)OC(=O)[C@@]23[C@@H](O)C=C4[C@@H](CC[C@H]5C(C)(C)[C@@H](O[C@@H]6OC[C@@H](O)[C@H](O)[C@H]6O[C@@H]6O[C@H](C)[C@@H](O)[C@H](O)[C@H]6O)CC[C@]45C)[C@]2(C)CC[C@@H]31. The second kappa shape index (κ2) is 13.7. The number of fused-ring (bicyclic) bond motifs is 4. The van der Waals surface area contributed by atoms with Gasteiger partial charge in [-0.3, -0.25) is 4.79 Å². The summed E-state index contributed by atoms with van der Waals surface area (Å²) in [4.78, 5) is 14.2. The second-order valence-corrected chi connectivity index (χ2v) is 19.6. The van der Waals surface area contributed by atoms with Crippen LogP contribution < -0.4 is 0 Å². The van der Waals surface area contributed by atoms with Gasteiger partial charge in [-0.25, -0.2) is 0 Å². The Labute approximate surface area is 314 Å². The Morgan fingerprint density at radius 2 is 1.57 bits per heavy atom. The van der Waals surface area contributed by atoms with Gasteiger partial charge in [0.05, 0.1) is 24.9 Å². The van der Waals surface area contributed by atoms with Gasteiger partial charge in [-0.2, -0.15) is 0 Å². The third-order valence-corrected chi connectivity index (χ3v) is 15.9. The van der Waals surface area contributed by atoms with Crippen LogP contribution in [0, 0.1) is 45.3 Å². The highest BCUT2D eigenvalue weighted by molar-refractivity contribution is 5.84. The summed E-state index contributed by atoms with van der Waals surface area (Å²) in [6, 6.07) is 0. The Morgan fingerprint density at radius 3 is 2.26 bits per heavy atom. The van der Waals surface area contributed by atoms with Gasteiger partial charge < -0.3 is 54.3 Å². The first-order chi connectivity index (χ1) is 24.7. The summed E-state index contributed by atoms with van der Waals surface area (Å²) in [5.74, 6) is 0.633. The minimum atomic E-state index is -1.60. The molecule has 6 fully saturated rings. The molecule has 1 spiro atoms. The molecule has 0 unspecified atom stereocenters. The van der Waals surface area contributed by atoms with Crippen LogP contribution in [0.1, 0.15) is 113 Å². The van der Waals surface area contributed by atoms with E-state index in [4.69, 9.17) is 23.7 Å². The molecular formula is C41H66O12. The average molecular weight is 751 g/mol. The lowest BCUT2D eigenvalue weighted by molar-refractivity contribution is -0.363. The fraction of sp³-hybridized carbons (Fsp3) is 0.927. The largest absolute Gasteiger partial charge is 0.459 e. The van der Waals surface area contributed by atoms with Gasteiger partial charge in [0.25, 0.3) is 0 Å². The molecule has 12 nitrogen and oxygen atoms in total. The third kappa shape index (κ3) is 5.85. The van der Waals surface area contributed by atoms with Gasteiger partial charge in [0.2, 0.25) is 0 Å². The van der Waals surface area contributed by atoms with Crippen LogP contribution in [-0.2, 0) is 28.5 Å². The Morgan fingerprint density at radius 1 is 0.849 bits per heavy atom. The first-order valence-corrected chi connectivity index (χ1v) is 20.4. The van der Waals surface area contributed by atoms with Crippen molar-refractivity contribution in [3.8, 4) is 0 Å². The topological polar surface area (TPSA) is 185 Å². The van der Waals surface area contributed by atoms with E-state index in [0.717, 1.165) is 51.4 Å². The molecule has 4 aliphatic carbocycles. The van der Waals surface area contributed by atoms with E-state index in [-0.39, 0.29) is 41.8 Å². The van der Waals surface area contributed by atoms with Crippen molar-refractivity contribution < 1.29 is 59.1 Å². The van der Waals surface area contributed by atoms with Crippen LogP contribution in [0.25, 0.3) is 0 Å². The van der Waals surface area contributed by atoms with Crippen LogP contribution in [0.3, 0.4) is 0 Å². The van der Waals surface area contributed by atoms with Gasteiger partial charge in [0.1, 0.15) is 47.6 Å². The standard InChI is InChI=1S/C41H66O12/c1-20(2)10-9-15-40(8)26-13-17-39(7)22-11-12-25-37(4,5)28(14-16-38(25,6)23(22)18-27(43)41(26,39)36(48)53-40)51-35-33(30(45)24(42)19-49-35)52-34-32(47)31(46)29(44)21(3)50-34/h18,20-22,24-35,42-47H,9-17,19H2,1-8H3/t21-,22-,24-,25+,26-,27+,28+,29-,30+,31+,32-,33-,34+,35+,38-,39+,40+,41-/m1/s1. The molecule has 18 atom stereocenters. The van der Waals surface area contributed by atoms with E-state index in [2.05, 4.69) is 54.5 Å². The van der Waals surface area contributed by atoms with E-state index in [9.17, 15) is 35.4 Å². The normalized spacial score (nSPS) is 53.3. The number of aliphatic hydroxyl groups is 6. The lowest BCUT2D eigenvalue weighted by Crippen LogP contribution is -2.64. The van der Waals surface area contributed by atoms with E-state index in [1.807, 2.05) is 0 Å². The summed E-state index contributed by atoms with van der Waals surface area (Å²) in [5, 5.41) is 65.1. The summed E-state index contributed by atoms with van der Waals surface area (Å²) in [6.07, 6.45) is -3.12. The molecule has 3 aliphatic heterocycles. The van der Waals surface area contributed by atoms with Gasteiger partial charge in [0.15, 0.2) is 12.6 Å². The number of aliphatic hydroxyl groups excluding tert-OH is 6. The van der Waals surface area contributed by atoms with Crippen LogP contribution in [0.2, 0.25) is 0 Å². The maximum absolute atomic E-state index is 14.2. The maximum Gasteiger partial charge on any atom is 0.316 e. The highest BCUT2D eigenvalue weighted by Gasteiger charge is 2.78. The first-order valence-electron chi connectivity index (χ1n) is 20.4. The van der Waals surface area contributed by atoms with Gasteiger partial charge in [0, 0.05) is 5.92 Å². The number of esters is 1. The number of hydrogen-bond donors (Lipinski definition) is 6. The molecule has 0 aromatic heterocycles. The van der Waals surface area contributed by atoms with E-state index < -0.39 is 83.3 Å². The molecule has 7 rings (SSSR count). The number of ether oxygens (including phenoxy) is 5. The zero-order valence-corrected chi connectivity index (χ0v) is 32.9. The zero-order chi connectivity index (χ0) is 38.6. The fourth-order valence-electron chi connectivity index (χ4n) is 12.9. The molecule has 0 aromatic carbocycles. The smallest absolute Gasteiger partial charge is 0.316 e. The predicted molar refractivity (Wildman–Crippen MR) is 192 cm³/mol. The minimum Gasteiger partial charge on any atom is -0.459 e. The predicted octanol–water partition coefficient (Wildman–Crippen LogP) is 3.36. The molecule has 53 heavy (non-hydrogen) atoms. The molecule has 3 saturated heterocycles. The van der Waals surface area contributed by atoms with Crippen molar-refractivity contribution in [2.24, 2.45) is 45.3 Å². The van der Waals surface area contributed by atoms with Crippen LogP contribution in [-0.4, -0.2) is 116 Å². The van der Waals surface area contributed by atoms with E-state index in [1.54, 1.807) is 6.92 Å². The Hall–Kier alpha value is -1.19. The average Bonchev–Trinajstić information content (AvgIpc) is 3.54. The third-order valence-electron chi connectivity index (χ3n) is 15.9. The molecule has 6 N–H and O–H groups in total. The number of cyclic esters (lactones) is 1. The molecule has 0 amide bonds.